The molecule has 0 aliphatic heterocycles. The average molecular weight is 332 g/mol. The summed E-state index contributed by atoms with van der Waals surface area (Å²) in [6, 6.07) is 0. The Balaban J connectivity index is 2.90. The molecule has 0 saturated heterocycles. The van der Waals surface area contributed by atoms with Crippen molar-refractivity contribution in [3.8, 4) is 0 Å². The van der Waals surface area contributed by atoms with Gasteiger partial charge in [-0.1, -0.05) is 54.4 Å². The molecule has 134 valence electrons. The van der Waals surface area contributed by atoms with Crippen molar-refractivity contribution in [2.45, 2.75) is 72.8 Å². The van der Waals surface area contributed by atoms with Gasteiger partial charge in [-0.2, -0.15) is 9.68 Å². The van der Waals surface area contributed by atoms with E-state index in [2.05, 4.69) is 56.2 Å². The summed E-state index contributed by atoms with van der Waals surface area (Å²) in [7, 11) is 0. The lowest BCUT2D eigenvalue weighted by atomic mass is 9.56. The third-order valence-corrected chi connectivity index (χ3v) is 4.62. The highest BCUT2D eigenvalue weighted by Crippen LogP contribution is 2.54. The molecule has 7 nitrogen and oxygen atoms in total. The van der Waals surface area contributed by atoms with Gasteiger partial charge in [-0.15, -0.1) is 0 Å². The summed E-state index contributed by atoms with van der Waals surface area (Å²) in [4.78, 5) is 31.2. The molecule has 23 heavy (non-hydrogen) atoms. The number of carboxylic acid groups (broad SMARTS) is 1. The largest absolute Gasteiger partial charge is 0.553 e. The smallest absolute Gasteiger partial charge is 0.449 e. The molecule has 1 saturated carbocycles. The van der Waals surface area contributed by atoms with Crippen LogP contribution < -0.4 is 0 Å². The molecular weight excluding hydrogens is 304 g/mol. The minimum absolute atomic E-state index is 0.0291. The fourth-order valence-electron chi connectivity index (χ4n) is 3.59. The topological polar surface area (TPSA) is 91.3 Å². The monoisotopic (exact) mass is 332 g/mol. The maximum atomic E-state index is 11.1. The standard InChI is InChI=1S/C16H28O7/c1-14(2,3)11-9-7-8-10-16(11,15(4,5)6)22-23-21-13(19)20-12(17)18/h11H,7-10H2,1-6H3,(H,17,18). The van der Waals surface area contributed by atoms with Crippen LogP contribution in [0.15, 0.2) is 0 Å². The molecule has 1 rings (SSSR count). The number of hydrogen-bond donors (Lipinski definition) is 1. The van der Waals surface area contributed by atoms with Crippen LogP contribution in [0.3, 0.4) is 0 Å². The van der Waals surface area contributed by atoms with Crippen molar-refractivity contribution in [3.63, 3.8) is 0 Å². The van der Waals surface area contributed by atoms with Crippen LogP contribution in [-0.4, -0.2) is 23.0 Å². The highest BCUT2D eigenvalue weighted by atomic mass is 17.5. The number of ether oxygens (including phenoxy) is 1. The zero-order valence-corrected chi connectivity index (χ0v) is 14.8. The molecule has 0 aromatic rings. The van der Waals surface area contributed by atoms with Crippen molar-refractivity contribution in [3.05, 3.63) is 0 Å². The van der Waals surface area contributed by atoms with E-state index in [9.17, 15) is 9.59 Å². The summed E-state index contributed by atoms with van der Waals surface area (Å²) in [6.45, 7) is 12.6. The van der Waals surface area contributed by atoms with E-state index < -0.39 is 17.9 Å². The summed E-state index contributed by atoms with van der Waals surface area (Å²) < 4.78 is 3.80. The van der Waals surface area contributed by atoms with Crippen LogP contribution in [0.5, 0.6) is 0 Å². The molecule has 1 N–H and O–H groups in total. The molecule has 0 aromatic heterocycles. The fraction of sp³-hybridized carbons (Fsp3) is 0.875. The Morgan fingerprint density at radius 2 is 1.70 bits per heavy atom. The first-order valence-corrected chi connectivity index (χ1v) is 7.87. The van der Waals surface area contributed by atoms with Crippen molar-refractivity contribution >= 4 is 12.3 Å². The summed E-state index contributed by atoms with van der Waals surface area (Å²) in [5.74, 6) is 0.183. The number of hydrogen-bond acceptors (Lipinski definition) is 6. The lowest BCUT2D eigenvalue weighted by molar-refractivity contribution is -0.540. The first-order chi connectivity index (χ1) is 10.4. The van der Waals surface area contributed by atoms with Crippen molar-refractivity contribution in [1.29, 1.82) is 0 Å². The Kier molecular flexibility index (Phi) is 6.04. The third kappa shape index (κ3) is 4.81. The predicted molar refractivity (Wildman–Crippen MR) is 81.4 cm³/mol. The van der Waals surface area contributed by atoms with Crippen LogP contribution in [-0.2, 0) is 19.6 Å². The predicted octanol–water partition coefficient (Wildman–Crippen LogP) is 4.70. The van der Waals surface area contributed by atoms with E-state index in [0.29, 0.717) is 0 Å². The van der Waals surface area contributed by atoms with Crippen LogP contribution in [0.4, 0.5) is 9.59 Å². The molecule has 1 aliphatic rings. The molecule has 0 aromatic carbocycles. The lowest BCUT2D eigenvalue weighted by Gasteiger charge is -2.54. The first kappa shape index (κ1) is 19.7. The summed E-state index contributed by atoms with van der Waals surface area (Å²) in [5.41, 5.74) is -0.961. The van der Waals surface area contributed by atoms with Gasteiger partial charge in [0.1, 0.15) is 5.60 Å². The van der Waals surface area contributed by atoms with Crippen molar-refractivity contribution in [2.24, 2.45) is 16.7 Å². The lowest BCUT2D eigenvalue weighted by Crippen LogP contribution is -2.57. The van der Waals surface area contributed by atoms with Crippen molar-refractivity contribution in [2.75, 3.05) is 0 Å². The fourth-order valence-corrected chi connectivity index (χ4v) is 3.59. The number of carbonyl (C=O) groups excluding carboxylic acids is 1. The summed E-state index contributed by atoms with van der Waals surface area (Å²) >= 11 is 0. The van der Waals surface area contributed by atoms with E-state index in [1.807, 2.05) is 0 Å². The molecule has 0 heterocycles. The van der Waals surface area contributed by atoms with E-state index in [0.717, 1.165) is 25.7 Å². The first-order valence-electron chi connectivity index (χ1n) is 7.87. The van der Waals surface area contributed by atoms with Gasteiger partial charge in [-0.25, -0.2) is 9.68 Å². The Labute approximate surface area is 137 Å². The average Bonchev–Trinajstić information content (AvgIpc) is 2.35. The number of rotatable bonds is 3. The Bertz CT molecular complexity index is 433. The van der Waals surface area contributed by atoms with E-state index in [1.54, 1.807) is 0 Å². The highest BCUT2D eigenvalue weighted by Gasteiger charge is 2.55. The van der Waals surface area contributed by atoms with Crippen molar-refractivity contribution < 1.29 is 34.2 Å². The quantitative estimate of drug-likeness (QED) is 0.346. The van der Waals surface area contributed by atoms with Crippen LogP contribution in [0.1, 0.15) is 67.2 Å². The SMILES string of the molecule is CC(C)(C)C1CCCCC1(OOOC(=O)OC(=O)O)C(C)(C)C. The van der Waals surface area contributed by atoms with Gasteiger partial charge in [0.25, 0.3) is 0 Å². The molecule has 0 amide bonds. The molecule has 1 fully saturated rings. The van der Waals surface area contributed by atoms with Gasteiger partial charge < -0.3 is 9.84 Å². The highest BCUT2D eigenvalue weighted by molar-refractivity contribution is 5.75. The normalized spacial score (nSPS) is 25.7. The molecule has 0 radical (unpaired) electrons. The van der Waals surface area contributed by atoms with Crippen LogP contribution >= 0.6 is 0 Å². The second-order valence-electron chi connectivity index (χ2n) is 8.16. The zero-order chi connectivity index (χ0) is 17.9. The summed E-state index contributed by atoms with van der Waals surface area (Å²) in [6.07, 6.45) is 0.566. The van der Waals surface area contributed by atoms with Gasteiger partial charge in [0.05, 0.1) is 0 Å². The molecule has 2 atom stereocenters. The second-order valence-corrected chi connectivity index (χ2v) is 8.16. The Morgan fingerprint density at radius 1 is 1.09 bits per heavy atom. The molecule has 0 bridgehead atoms. The zero-order valence-electron chi connectivity index (χ0n) is 14.8. The molecule has 2 unspecified atom stereocenters. The van der Waals surface area contributed by atoms with Gasteiger partial charge in [-0.05, 0) is 34.6 Å². The minimum Gasteiger partial charge on any atom is -0.449 e. The number of carbonyl (C=O) groups is 2. The van der Waals surface area contributed by atoms with Gasteiger partial charge in [0, 0.05) is 0 Å². The Morgan fingerprint density at radius 3 is 2.17 bits per heavy atom. The van der Waals surface area contributed by atoms with Crippen LogP contribution in [0, 0.1) is 16.7 Å². The van der Waals surface area contributed by atoms with E-state index in [1.165, 1.54) is 0 Å². The Hall–Kier alpha value is -1.34. The summed E-state index contributed by atoms with van der Waals surface area (Å²) in [5, 5.41) is 13.0. The second kappa shape index (κ2) is 7.05. The molecule has 0 spiro atoms. The van der Waals surface area contributed by atoms with E-state index >= 15 is 0 Å². The molecule has 1 aliphatic carbocycles. The van der Waals surface area contributed by atoms with E-state index in [-0.39, 0.29) is 16.7 Å². The van der Waals surface area contributed by atoms with E-state index in [4.69, 9.17) is 9.99 Å². The van der Waals surface area contributed by atoms with Crippen LogP contribution in [0.2, 0.25) is 0 Å². The van der Waals surface area contributed by atoms with Gasteiger partial charge in [0.2, 0.25) is 0 Å². The molecule has 7 heteroatoms. The van der Waals surface area contributed by atoms with Gasteiger partial charge in [0.15, 0.2) is 0 Å². The third-order valence-electron chi connectivity index (χ3n) is 4.62. The van der Waals surface area contributed by atoms with Gasteiger partial charge in [-0.3, -0.25) is 0 Å². The van der Waals surface area contributed by atoms with Crippen molar-refractivity contribution in [1.82, 2.24) is 0 Å². The van der Waals surface area contributed by atoms with Crippen LogP contribution in [0.25, 0.3) is 0 Å². The maximum Gasteiger partial charge on any atom is 0.553 e. The maximum absolute atomic E-state index is 11.1. The van der Waals surface area contributed by atoms with Gasteiger partial charge >= 0.3 is 12.3 Å². The molecular formula is C16H28O7. The minimum atomic E-state index is -1.77.